The minimum Gasteiger partial charge on any atom is -0.458 e. The van der Waals surface area contributed by atoms with E-state index in [4.69, 9.17) is 37.9 Å². The van der Waals surface area contributed by atoms with E-state index in [1.807, 2.05) is 41.5 Å². The summed E-state index contributed by atoms with van der Waals surface area (Å²) in [6.07, 6.45) is 13.6. The van der Waals surface area contributed by atoms with Gasteiger partial charge in [0, 0.05) is 46.7 Å². The normalized spacial score (nSPS) is 43.1. The van der Waals surface area contributed by atoms with Crippen molar-refractivity contribution in [1.29, 1.82) is 0 Å². The number of fused-ring (bicyclic) bond motifs is 2. The summed E-state index contributed by atoms with van der Waals surface area (Å²) < 4.78 is 49.6. The average molecular weight is 1120 g/mol. The molecule has 0 N–H and O–H groups in total. The molecule has 14 rings (SSSR count). The Labute approximate surface area is 471 Å². The predicted molar refractivity (Wildman–Crippen MR) is 291 cm³/mol. The lowest BCUT2D eigenvalue weighted by Crippen LogP contribution is -2.59. The minimum atomic E-state index is -1.02. The maximum Gasteiger partial charge on any atom is 0.313 e. The largest absolute Gasteiger partial charge is 0.458 e. The van der Waals surface area contributed by atoms with Crippen LogP contribution in [0, 0.1) is 105 Å². The van der Waals surface area contributed by atoms with Crippen molar-refractivity contribution in [3.05, 3.63) is 0 Å². The first-order valence-corrected chi connectivity index (χ1v) is 32.9. The number of ether oxygens (including phenoxy) is 8. The Bertz CT molecular complexity index is 2310. The molecule has 0 radical (unpaired) electrons. The van der Waals surface area contributed by atoms with E-state index in [1.165, 1.54) is 12.8 Å². The number of carbonyl (C=O) groups is 6. The predicted octanol–water partition coefficient (Wildman–Crippen LogP) is 9.83. The lowest BCUT2D eigenvalue weighted by atomic mass is 9.50. The number of hydrogen-bond acceptors (Lipinski definition) is 16. The van der Waals surface area contributed by atoms with Crippen LogP contribution in [-0.2, 0) is 66.7 Å². The number of hydrogen-bond donors (Lipinski definition) is 0. The molecule has 14 fully saturated rings. The molecule has 0 aromatic carbocycles. The lowest BCUT2D eigenvalue weighted by Gasteiger charge is -2.59. The van der Waals surface area contributed by atoms with E-state index < -0.39 is 45.1 Å². The topological polar surface area (TPSA) is 176 Å². The third kappa shape index (κ3) is 9.99. The second-order valence-corrected chi connectivity index (χ2v) is 32.1. The van der Waals surface area contributed by atoms with Crippen molar-refractivity contribution in [3.63, 3.8) is 0 Å². The zero-order chi connectivity index (χ0) is 54.9. The molecular formula is C62H90O14S2. The van der Waals surface area contributed by atoms with E-state index in [2.05, 4.69) is 13.8 Å². The maximum absolute atomic E-state index is 14.7. The summed E-state index contributed by atoms with van der Waals surface area (Å²) in [6.45, 7) is 17.5. The van der Waals surface area contributed by atoms with Crippen LogP contribution in [0.15, 0.2) is 0 Å². The van der Waals surface area contributed by atoms with Gasteiger partial charge in [-0.15, -0.1) is 0 Å². The Hall–Kier alpha value is -2.56. The van der Waals surface area contributed by atoms with Gasteiger partial charge in [0.2, 0.25) is 0 Å². The van der Waals surface area contributed by atoms with E-state index >= 15 is 0 Å². The third-order valence-electron chi connectivity index (χ3n) is 23.2. The van der Waals surface area contributed by atoms with Crippen molar-refractivity contribution in [3.8, 4) is 0 Å². The van der Waals surface area contributed by atoms with E-state index in [0.29, 0.717) is 86.0 Å². The second-order valence-electron chi connectivity index (χ2n) is 29.9. The Morgan fingerprint density at radius 3 is 1.28 bits per heavy atom. The summed E-state index contributed by atoms with van der Waals surface area (Å²) >= 11 is 3.24. The standard InChI is InChI=1S/C62H90O14S2/c1-57(2,53(65)73-47-37-25-43-45(27-37)51(63)71-49(43)47)29-60(6,56(68)76-62(8)41-21-35-16-36(23-41)24-42(62)22-35)32-78-14-12-70-10-9-69-11-13-77-31-59(5,55(67)74-48-38-26-44-46(28-38)52(64)72-50(44)48)30-58(3,4)54(66)75-61(7)39-17-33-15-34(19-39)20-40(61)18-33/h33-50H,9-32H2,1-8H3. The Balaban J connectivity index is 0.613. The third-order valence-corrected chi connectivity index (χ3v) is 25.8. The molecule has 0 amide bonds. The molecule has 2 saturated heterocycles. The quantitative estimate of drug-likeness (QED) is 0.0479. The van der Waals surface area contributed by atoms with Gasteiger partial charge in [-0.25, -0.2) is 0 Å². The van der Waals surface area contributed by atoms with Gasteiger partial charge >= 0.3 is 35.8 Å². The molecular weight excluding hydrogens is 1030 g/mol. The molecule has 2 heterocycles. The van der Waals surface area contributed by atoms with Crippen LogP contribution in [0.25, 0.3) is 0 Å². The first-order chi connectivity index (χ1) is 36.9. The Morgan fingerprint density at radius 2 is 0.859 bits per heavy atom. The molecule has 14 aliphatic rings. The first kappa shape index (κ1) is 55.9. The molecule has 12 aliphatic carbocycles. The fourth-order valence-corrected chi connectivity index (χ4v) is 21.6. The molecule has 12 unspecified atom stereocenters. The van der Waals surface area contributed by atoms with Crippen LogP contribution >= 0.6 is 23.5 Å². The number of rotatable bonds is 25. The van der Waals surface area contributed by atoms with Gasteiger partial charge in [-0.1, -0.05) is 0 Å². The molecule has 14 nitrogen and oxygen atoms in total. The summed E-state index contributed by atoms with van der Waals surface area (Å²) in [6, 6.07) is 0. The lowest BCUT2D eigenvalue weighted by molar-refractivity contribution is -0.213. The molecule has 0 aromatic rings. The van der Waals surface area contributed by atoms with Gasteiger partial charge in [-0.05, 0) is 205 Å². The van der Waals surface area contributed by atoms with Crippen molar-refractivity contribution in [2.24, 2.45) is 105 Å². The smallest absolute Gasteiger partial charge is 0.313 e. The minimum absolute atomic E-state index is 0.0675. The molecule has 16 heteroatoms. The summed E-state index contributed by atoms with van der Waals surface area (Å²) in [4.78, 5) is 82.8. The summed E-state index contributed by atoms with van der Waals surface area (Å²) in [7, 11) is 0. The molecule has 12 saturated carbocycles. The van der Waals surface area contributed by atoms with E-state index in [1.54, 1.807) is 23.5 Å². The van der Waals surface area contributed by atoms with Gasteiger partial charge in [0.25, 0.3) is 0 Å². The van der Waals surface area contributed by atoms with Gasteiger partial charge in [0.1, 0.15) is 35.6 Å². The maximum atomic E-state index is 14.7. The van der Waals surface area contributed by atoms with Crippen LogP contribution < -0.4 is 0 Å². The first-order valence-electron chi connectivity index (χ1n) is 30.6. The van der Waals surface area contributed by atoms with E-state index in [0.717, 1.165) is 87.9 Å². The highest BCUT2D eigenvalue weighted by Crippen LogP contribution is 2.63. The van der Waals surface area contributed by atoms with Crippen LogP contribution in [0.1, 0.15) is 158 Å². The van der Waals surface area contributed by atoms with Crippen molar-refractivity contribution >= 4 is 59.3 Å². The monoisotopic (exact) mass is 1120 g/mol. The van der Waals surface area contributed by atoms with Crippen molar-refractivity contribution in [2.75, 3.05) is 49.4 Å². The highest BCUT2D eigenvalue weighted by molar-refractivity contribution is 7.99. The second kappa shape index (κ2) is 20.6. The van der Waals surface area contributed by atoms with Crippen LogP contribution in [0.3, 0.4) is 0 Å². The summed E-state index contributed by atoms with van der Waals surface area (Å²) in [5, 5.41) is 0. The highest BCUT2D eigenvalue weighted by Gasteiger charge is 2.66. The van der Waals surface area contributed by atoms with Gasteiger partial charge in [-0.3, -0.25) is 28.8 Å². The highest BCUT2D eigenvalue weighted by atomic mass is 32.2. The van der Waals surface area contributed by atoms with Crippen LogP contribution in [-0.4, -0.2) is 121 Å². The van der Waals surface area contributed by atoms with Crippen LogP contribution in [0.4, 0.5) is 0 Å². The van der Waals surface area contributed by atoms with Crippen molar-refractivity contribution in [1.82, 2.24) is 0 Å². The zero-order valence-corrected chi connectivity index (χ0v) is 49.5. The molecule has 12 atom stereocenters. The molecule has 434 valence electrons. The van der Waals surface area contributed by atoms with Gasteiger partial charge in [0.15, 0.2) is 0 Å². The Morgan fingerprint density at radius 1 is 0.487 bits per heavy atom. The SMILES string of the molecule is CC(C)(CC(C)(CSCCOCCOCCSCC(C)(CC(C)(C)C(=O)OC1(C)C2CC3CC(C2)CC1C3)C(=O)OC1C2CC3C(=O)OC1C3C2)C(=O)OC1(C)C2CC3CC(C2)CC1C3)C(=O)OC1C2CC3C(=O)OC1C3C2. The van der Waals surface area contributed by atoms with Crippen LogP contribution in [0.2, 0.25) is 0 Å². The molecule has 12 bridgehead atoms. The molecule has 78 heavy (non-hydrogen) atoms. The summed E-state index contributed by atoms with van der Waals surface area (Å²) in [5.41, 5.74) is -4.93. The number of thioether (sulfide) groups is 2. The Kier molecular flexibility index (Phi) is 14.8. The van der Waals surface area contributed by atoms with Crippen molar-refractivity contribution in [2.45, 2.75) is 194 Å². The van der Waals surface area contributed by atoms with E-state index in [-0.39, 0.29) is 96.4 Å². The summed E-state index contributed by atoms with van der Waals surface area (Å²) in [5.74, 6) is 5.43. The van der Waals surface area contributed by atoms with E-state index in [9.17, 15) is 28.8 Å². The fourth-order valence-electron chi connectivity index (χ4n) is 19.5. The fraction of sp³-hybridized carbons (Fsp3) is 0.903. The number of esters is 6. The van der Waals surface area contributed by atoms with Gasteiger partial charge in [0.05, 0.1) is 59.9 Å². The zero-order valence-electron chi connectivity index (χ0n) is 47.9. The van der Waals surface area contributed by atoms with Gasteiger partial charge < -0.3 is 37.9 Å². The molecule has 2 aliphatic heterocycles. The van der Waals surface area contributed by atoms with Gasteiger partial charge in [-0.2, -0.15) is 23.5 Å². The molecule has 0 aromatic heterocycles. The average Bonchev–Trinajstić information content (AvgIpc) is 4.02. The molecule has 0 spiro atoms. The van der Waals surface area contributed by atoms with Crippen LogP contribution in [0.5, 0.6) is 0 Å². The van der Waals surface area contributed by atoms with Crippen molar-refractivity contribution < 1.29 is 66.7 Å². The number of carbonyl (C=O) groups excluding carboxylic acids is 6.